The fourth-order valence-electron chi connectivity index (χ4n) is 1.25. The number of aromatic amines is 2. The zero-order valence-electron chi connectivity index (χ0n) is 7.29. The SMILES string of the molecule is CCCc1nc2cn[nH]c2c(=O)[nH]1. The molecule has 0 saturated heterocycles. The number of rotatable bonds is 2. The van der Waals surface area contributed by atoms with Gasteiger partial charge in [-0.2, -0.15) is 5.10 Å². The predicted molar refractivity (Wildman–Crippen MR) is 48.5 cm³/mol. The lowest BCUT2D eigenvalue weighted by Crippen LogP contribution is -2.11. The highest BCUT2D eigenvalue weighted by Crippen LogP contribution is 2.02. The molecule has 0 aliphatic carbocycles. The normalized spacial score (nSPS) is 10.8. The minimum atomic E-state index is -0.147. The summed E-state index contributed by atoms with van der Waals surface area (Å²) in [5, 5.41) is 6.36. The highest BCUT2D eigenvalue weighted by atomic mass is 16.1. The summed E-state index contributed by atoms with van der Waals surface area (Å²) in [7, 11) is 0. The van der Waals surface area contributed by atoms with Crippen molar-refractivity contribution in [3.05, 3.63) is 22.4 Å². The maximum Gasteiger partial charge on any atom is 0.276 e. The van der Waals surface area contributed by atoms with E-state index in [2.05, 4.69) is 20.2 Å². The van der Waals surface area contributed by atoms with Gasteiger partial charge in [0.05, 0.1) is 6.20 Å². The third-order valence-corrected chi connectivity index (χ3v) is 1.85. The van der Waals surface area contributed by atoms with Gasteiger partial charge in [0.1, 0.15) is 16.9 Å². The lowest BCUT2D eigenvalue weighted by atomic mass is 10.3. The van der Waals surface area contributed by atoms with Crippen LogP contribution in [0.4, 0.5) is 0 Å². The number of H-pyrrole nitrogens is 2. The average molecular weight is 178 g/mol. The Labute approximate surface area is 74.2 Å². The van der Waals surface area contributed by atoms with E-state index in [1.54, 1.807) is 6.20 Å². The predicted octanol–water partition coefficient (Wildman–Crippen LogP) is 0.599. The number of hydrogen-bond acceptors (Lipinski definition) is 3. The first-order valence-corrected chi connectivity index (χ1v) is 4.23. The number of fused-ring (bicyclic) bond motifs is 1. The highest BCUT2D eigenvalue weighted by Gasteiger charge is 2.03. The minimum Gasteiger partial charge on any atom is -0.309 e. The Balaban J connectivity index is 2.63. The quantitative estimate of drug-likeness (QED) is 0.707. The van der Waals surface area contributed by atoms with Crippen molar-refractivity contribution in [1.82, 2.24) is 20.2 Å². The van der Waals surface area contributed by atoms with Crippen molar-refractivity contribution in [2.24, 2.45) is 0 Å². The first kappa shape index (κ1) is 7.97. The van der Waals surface area contributed by atoms with Gasteiger partial charge in [0.2, 0.25) is 0 Å². The van der Waals surface area contributed by atoms with Crippen molar-refractivity contribution in [3.63, 3.8) is 0 Å². The van der Waals surface area contributed by atoms with Crippen LogP contribution in [0.15, 0.2) is 11.0 Å². The molecule has 13 heavy (non-hydrogen) atoms. The van der Waals surface area contributed by atoms with Crippen LogP contribution in [0.1, 0.15) is 19.2 Å². The van der Waals surface area contributed by atoms with E-state index in [4.69, 9.17) is 0 Å². The molecule has 0 bridgehead atoms. The molecule has 2 heterocycles. The topological polar surface area (TPSA) is 74.4 Å². The maximum absolute atomic E-state index is 11.4. The van der Waals surface area contributed by atoms with Crippen LogP contribution in [0.5, 0.6) is 0 Å². The van der Waals surface area contributed by atoms with Gasteiger partial charge in [-0.1, -0.05) is 6.92 Å². The van der Waals surface area contributed by atoms with Gasteiger partial charge in [0.25, 0.3) is 5.56 Å². The van der Waals surface area contributed by atoms with Gasteiger partial charge in [-0.25, -0.2) is 4.98 Å². The van der Waals surface area contributed by atoms with E-state index in [9.17, 15) is 4.79 Å². The molecule has 2 aromatic heterocycles. The summed E-state index contributed by atoms with van der Waals surface area (Å²) < 4.78 is 0. The minimum absolute atomic E-state index is 0.147. The summed E-state index contributed by atoms with van der Waals surface area (Å²) in [4.78, 5) is 18.3. The third kappa shape index (κ3) is 1.32. The Bertz CT molecular complexity index is 470. The van der Waals surface area contributed by atoms with Gasteiger partial charge in [0, 0.05) is 6.42 Å². The van der Waals surface area contributed by atoms with Crippen LogP contribution < -0.4 is 5.56 Å². The first-order chi connectivity index (χ1) is 6.31. The molecule has 0 aromatic carbocycles. The van der Waals surface area contributed by atoms with Crippen molar-refractivity contribution < 1.29 is 0 Å². The molecule has 0 amide bonds. The number of nitrogens with one attached hydrogen (secondary N) is 2. The standard InChI is InChI=1S/C8H10N4O/c1-2-3-6-10-5-4-9-12-7(5)8(13)11-6/h4H,2-3H2,1H3,(H,9,12)(H,10,11,13). The molecule has 0 unspecified atom stereocenters. The largest absolute Gasteiger partial charge is 0.309 e. The molecule has 2 aromatic rings. The Morgan fingerprint density at radius 1 is 1.54 bits per heavy atom. The van der Waals surface area contributed by atoms with E-state index in [-0.39, 0.29) is 5.56 Å². The molecule has 5 heteroatoms. The van der Waals surface area contributed by atoms with Gasteiger partial charge < -0.3 is 4.98 Å². The number of aryl methyl sites for hydroxylation is 1. The molecular weight excluding hydrogens is 168 g/mol. The number of aromatic nitrogens is 4. The molecular formula is C8H10N4O. The smallest absolute Gasteiger partial charge is 0.276 e. The van der Waals surface area contributed by atoms with Crippen LogP contribution in [0.3, 0.4) is 0 Å². The number of hydrogen-bond donors (Lipinski definition) is 2. The summed E-state index contributed by atoms with van der Waals surface area (Å²) in [6.07, 6.45) is 3.31. The van der Waals surface area contributed by atoms with E-state index in [1.165, 1.54) is 0 Å². The fourth-order valence-corrected chi connectivity index (χ4v) is 1.25. The van der Waals surface area contributed by atoms with E-state index < -0.39 is 0 Å². The van der Waals surface area contributed by atoms with Gasteiger partial charge >= 0.3 is 0 Å². The molecule has 0 saturated carbocycles. The van der Waals surface area contributed by atoms with Crippen molar-refractivity contribution in [2.45, 2.75) is 19.8 Å². The van der Waals surface area contributed by atoms with Crippen LogP contribution in [-0.2, 0) is 6.42 Å². The van der Waals surface area contributed by atoms with Gasteiger partial charge in [0.15, 0.2) is 0 Å². The van der Waals surface area contributed by atoms with Crippen molar-refractivity contribution in [3.8, 4) is 0 Å². The summed E-state index contributed by atoms with van der Waals surface area (Å²) in [6, 6.07) is 0. The second-order valence-electron chi connectivity index (χ2n) is 2.89. The summed E-state index contributed by atoms with van der Waals surface area (Å²) >= 11 is 0. The molecule has 0 aliphatic rings. The third-order valence-electron chi connectivity index (χ3n) is 1.85. The Morgan fingerprint density at radius 2 is 2.38 bits per heavy atom. The first-order valence-electron chi connectivity index (χ1n) is 4.23. The molecule has 68 valence electrons. The second kappa shape index (κ2) is 3.01. The lowest BCUT2D eigenvalue weighted by molar-refractivity contribution is 0.836. The van der Waals surface area contributed by atoms with E-state index in [1.807, 2.05) is 6.92 Å². The molecule has 0 aliphatic heterocycles. The molecule has 0 fully saturated rings. The summed E-state index contributed by atoms with van der Waals surface area (Å²) in [6.45, 7) is 2.04. The summed E-state index contributed by atoms with van der Waals surface area (Å²) in [5.74, 6) is 0.724. The lowest BCUT2D eigenvalue weighted by Gasteiger charge is -1.96. The van der Waals surface area contributed by atoms with E-state index in [0.717, 1.165) is 18.7 Å². The molecule has 5 nitrogen and oxygen atoms in total. The maximum atomic E-state index is 11.4. The van der Waals surface area contributed by atoms with Gasteiger partial charge in [-0.3, -0.25) is 9.89 Å². The van der Waals surface area contributed by atoms with E-state index in [0.29, 0.717) is 11.0 Å². The Kier molecular flexibility index (Phi) is 1.84. The van der Waals surface area contributed by atoms with Crippen LogP contribution in [-0.4, -0.2) is 20.2 Å². The zero-order valence-corrected chi connectivity index (χ0v) is 7.29. The highest BCUT2D eigenvalue weighted by molar-refractivity contribution is 5.71. The van der Waals surface area contributed by atoms with Crippen molar-refractivity contribution >= 4 is 11.0 Å². The molecule has 0 radical (unpaired) electrons. The second-order valence-corrected chi connectivity index (χ2v) is 2.89. The van der Waals surface area contributed by atoms with Gasteiger partial charge in [-0.15, -0.1) is 0 Å². The van der Waals surface area contributed by atoms with Crippen molar-refractivity contribution in [2.75, 3.05) is 0 Å². The van der Waals surface area contributed by atoms with E-state index >= 15 is 0 Å². The fraction of sp³-hybridized carbons (Fsp3) is 0.375. The van der Waals surface area contributed by atoms with Crippen LogP contribution in [0, 0.1) is 0 Å². The van der Waals surface area contributed by atoms with Gasteiger partial charge in [-0.05, 0) is 6.42 Å². The van der Waals surface area contributed by atoms with Crippen LogP contribution in [0.25, 0.3) is 11.0 Å². The molecule has 2 rings (SSSR count). The Hall–Kier alpha value is -1.65. The monoisotopic (exact) mass is 178 g/mol. The molecule has 0 atom stereocenters. The molecule has 0 spiro atoms. The Morgan fingerprint density at radius 3 is 3.15 bits per heavy atom. The average Bonchev–Trinajstić information content (AvgIpc) is 2.53. The summed E-state index contributed by atoms with van der Waals surface area (Å²) in [5.41, 5.74) is 0.929. The number of nitrogens with zero attached hydrogens (tertiary/aromatic N) is 2. The van der Waals surface area contributed by atoms with Crippen LogP contribution >= 0.6 is 0 Å². The zero-order chi connectivity index (χ0) is 9.26. The van der Waals surface area contributed by atoms with Crippen molar-refractivity contribution in [1.29, 1.82) is 0 Å². The van der Waals surface area contributed by atoms with Crippen LogP contribution in [0.2, 0.25) is 0 Å². The molecule has 2 N–H and O–H groups in total.